The molecule has 98 valence electrons. The van der Waals surface area contributed by atoms with Crippen LogP contribution >= 0.6 is 11.6 Å². The number of nitrogens with zero attached hydrogens (tertiary/aromatic N) is 3. The Morgan fingerprint density at radius 3 is 2.74 bits per heavy atom. The molecule has 1 aromatic carbocycles. The van der Waals surface area contributed by atoms with E-state index in [4.69, 9.17) is 16.9 Å². The van der Waals surface area contributed by atoms with Gasteiger partial charge in [-0.05, 0) is 39.1 Å². The number of nitriles is 1. The third-order valence-electron chi connectivity index (χ3n) is 3.26. The van der Waals surface area contributed by atoms with E-state index in [0.29, 0.717) is 10.6 Å². The monoisotopic (exact) mass is 274 g/mol. The summed E-state index contributed by atoms with van der Waals surface area (Å²) in [6.45, 7) is 4.15. The first-order valence-corrected chi connectivity index (χ1v) is 6.29. The molecule has 0 unspecified atom stereocenters. The summed E-state index contributed by atoms with van der Waals surface area (Å²) < 4.78 is 1.96. The molecule has 19 heavy (non-hydrogen) atoms. The highest BCUT2D eigenvalue weighted by molar-refractivity contribution is 6.31. The predicted octanol–water partition coefficient (Wildman–Crippen LogP) is 2.85. The van der Waals surface area contributed by atoms with Gasteiger partial charge in [-0.3, -0.25) is 0 Å². The molecule has 0 amide bonds. The van der Waals surface area contributed by atoms with Gasteiger partial charge in [-0.25, -0.2) is 4.98 Å². The van der Waals surface area contributed by atoms with Gasteiger partial charge in [0, 0.05) is 5.69 Å². The van der Waals surface area contributed by atoms with Gasteiger partial charge in [0.15, 0.2) is 0 Å². The third kappa shape index (κ3) is 2.48. The molecular weight excluding hydrogens is 260 g/mol. The van der Waals surface area contributed by atoms with Crippen LogP contribution in [-0.2, 0) is 5.54 Å². The van der Waals surface area contributed by atoms with Crippen LogP contribution in [0.5, 0.6) is 0 Å². The third-order valence-corrected chi connectivity index (χ3v) is 3.57. The topological polar surface area (TPSA) is 53.6 Å². The summed E-state index contributed by atoms with van der Waals surface area (Å²) in [5.41, 5.74) is 2.17. The van der Waals surface area contributed by atoms with Crippen LogP contribution in [0.3, 0.4) is 0 Å². The number of aromatic nitrogens is 2. The zero-order chi connectivity index (χ0) is 14.0. The fourth-order valence-corrected chi connectivity index (χ4v) is 2.05. The van der Waals surface area contributed by atoms with Crippen LogP contribution in [0.2, 0.25) is 5.02 Å². The molecule has 0 aliphatic carbocycles. The van der Waals surface area contributed by atoms with Gasteiger partial charge in [0.1, 0.15) is 6.07 Å². The first-order chi connectivity index (χ1) is 8.99. The van der Waals surface area contributed by atoms with E-state index in [2.05, 4.69) is 30.2 Å². The molecule has 0 fully saturated rings. The predicted molar refractivity (Wildman–Crippen MR) is 75.4 cm³/mol. The Morgan fingerprint density at radius 1 is 1.42 bits per heavy atom. The van der Waals surface area contributed by atoms with Crippen molar-refractivity contribution in [3.05, 3.63) is 47.0 Å². The van der Waals surface area contributed by atoms with Gasteiger partial charge in [-0.2, -0.15) is 5.26 Å². The van der Waals surface area contributed by atoms with Crippen molar-refractivity contribution in [1.82, 2.24) is 14.9 Å². The van der Waals surface area contributed by atoms with Gasteiger partial charge in [-0.15, -0.1) is 0 Å². The number of nitrogens with one attached hydrogen (secondary N) is 1. The van der Waals surface area contributed by atoms with Crippen molar-refractivity contribution in [3.8, 4) is 11.8 Å². The fourth-order valence-electron chi connectivity index (χ4n) is 1.84. The van der Waals surface area contributed by atoms with Gasteiger partial charge in [0.25, 0.3) is 0 Å². The lowest BCUT2D eigenvalue weighted by Gasteiger charge is -2.25. The molecule has 5 heteroatoms. The lowest BCUT2D eigenvalue weighted by Crippen LogP contribution is -2.35. The second-order valence-electron chi connectivity index (χ2n) is 4.80. The largest absolute Gasteiger partial charge is 0.310 e. The maximum absolute atomic E-state index is 8.90. The van der Waals surface area contributed by atoms with Crippen molar-refractivity contribution in [2.45, 2.75) is 19.4 Å². The zero-order valence-corrected chi connectivity index (χ0v) is 11.9. The molecule has 0 atom stereocenters. The van der Waals surface area contributed by atoms with Crippen LogP contribution in [-0.4, -0.2) is 16.6 Å². The smallest absolute Gasteiger partial charge is 0.101 e. The van der Waals surface area contributed by atoms with Gasteiger partial charge < -0.3 is 9.88 Å². The summed E-state index contributed by atoms with van der Waals surface area (Å²) in [4.78, 5) is 4.20. The first kappa shape index (κ1) is 13.6. The summed E-state index contributed by atoms with van der Waals surface area (Å²) in [5, 5.41) is 12.6. The molecule has 0 bridgehead atoms. The van der Waals surface area contributed by atoms with Crippen LogP contribution in [0.1, 0.15) is 25.1 Å². The molecular formula is C14H15ClN4. The zero-order valence-electron chi connectivity index (χ0n) is 11.1. The Hall–Kier alpha value is -1.83. The van der Waals surface area contributed by atoms with Crippen molar-refractivity contribution in [1.29, 1.82) is 5.26 Å². The van der Waals surface area contributed by atoms with Gasteiger partial charge in [0.05, 0.1) is 34.3 Å². The molecule has 2 rings (SSSR count). The SMILES string of the molecule is CNC(C)(C)c1cncn1-c1ccc(C#N)c(Cl)c1. The van der Waals surface area contributed by atoms with E-state index in [9.17, 15) is 0 Å². The van der Waals surface area contributed by atoms with Crippen LogP contribution in [0.15, 0.2) is 30.7 Å². The summed E-state index contributed by atoms with van der Waals surface area (Å²) >= 11 is 6.08. The van der Waals surface area contributed by atoms with Crippen molar-refractivity contribution in [2.24, 2.45) is 0 Å². The van der Waals surface area contributed by atoms with Crippen molar-refractivity contribution < 1.29 is 0 Å². The van der Waals surface area contributed by atoms with E-state index >= 15 is 0 Å². The van der Waals surface area contributed by atoms with Gasteiger partial charge in [-0.1, -0.05) is 11.6 Å². The molecule has 0 saturated heterocycles. The average molecular weight is 275 g/mol. The molecule has 0 radical (unpaired) electrons. The van der Waals surface area contributed by atoms with E-state index in [-0.39, 0.29) is 5.54 Å². The van der Waals surface area contributed by atoms with E-state index < -0.39 is 0 Å². The lowest BCUT2D eigenvalue weighted by atomic mass is 10.0. The highest BCUT2D eigenvalue weighted by Gasteiger charge is 2.22. The maximum Gasteiger partial charge on any atom is 0.101 e. The van der Waals surface area contributed by atoms with Gasteiger partial charge in [0.2, 0.25) is 0 Å². The summed E-state index contributed by atoms with van der Waals surface area (Å²) in [7, 11) is 1.91. The van der Waals surface area contributed by atoms with Crippen LogP contribution in [0.4, 0.5) is 0 Å². The van der Waals surface area contributed by atoms with E-state index in [0.717, 1.165) is 11.4 Å². The Morgan fingerprint density at radius 2 is 2.16 bits per heavy atom. The van der Waals surface area contributed by atoms with E-state index in [1.807, 2.05) is 23.9 Å². The Kier molecular flexibility index (Phi) is 3.61. The Balaban J connectivity index is 2.53. The molecule has 2 aromatic rings. The highest BCUT2D eigenvalue weighted by Crippen LogP contribution is 2.25. The minimum atomic E-state index is -0.211. The normalized spacial score (nSPS) is 11.3. The number of imidazole rings is 1. The molecule has 4 nitrogen and oxygen atoms in total. The highest BCUT2D eigenvalue weighted by atomic mass is 35.5. The number of hydrogen-bond acceptors (Lipinski definition) is 3. The molecule has 0 spiro atoms. The summed E-state index contributed by atoms with van der Waals surface area (Å²) in [6, 6.07) is 7.41. The van der Waals surface area contributed by atoms with Crippen LogP contribution in [0.25, 0.3) is 5.69 Å². The Bertz CT molecular complexity index is 637. The van der Waals surface area contributed by atoms with Crippen LogP contribution < -0.4 is 5.32 Å². The number of hydrogen-bond donors (Lipinski definition) is 1. The second kappa shape index (κ2) is 5.04. The summed E-state index contributed by atoms with van der Waals surface area (Å²) in [6.07, 6.45) is 3.56. The van der Waals surface area contributed by atoms with E-state index in [1.165, 1.54) is 0 Å². The van der Waals surface area contributed by atoms with Crippen LogP contribution in [0, 0.1) is 11.3 Å². The average Bonchev–Trinajstić information content (AvgIpc) is 2.88. The molecule has 0 saturated carbocycles. The lowest BCUT2D eigenvalue weighted by molar-refractivity contribution is 0.425. The van der Waals surface area contributed by atoms with Crippen molar-refractivity contribution in [2.75, 3.05) is 7.05 Å². The first-order valence-electron chi connectivity index (χ1n) is 5.91. The number of halogens is 1. The second-order valence-corrected chi connectivity index (χ2v) is 5.21. The standard InChI is InChI=1S/C14H15ClN4/c1-14(2,17-3)13-8-18-9-19(13)11-5-4-10(7-16)12(15)6-11/h4-6,8-9,17H,1-3H3. The molecule has 1 heterocycles. The quantitative estimate of drug-likeness (QED) is 0.936. The number of benzene rings is 1. The Labute approximate surface area is 117 Å². The van der Waals surface area contributed by atoms with Crippen molar-refractivity contribution in [3.63, 3.8) is 0 Å². The minimum absolute atomic E-state index is 0.211. The summed E-state index contributed by atoms with van der Waals surface area (Å²) in [5.74, 6) is 0. The molecule has 0 aliphatic rings. The maximum atomic E-state index is 8.90. The fraction of sp³-hybridized carbons (Fsp3) is 0.286. The molecule has 0 aliphatic heterocycles. The minimum Gasteiger partial charge on any atom is -0.310 e. The molecule has 1 aromatic heterocycles. The molecule has 1 N–H and O–H groups in total. The van der Waals surface area contributed by atoms with E-state index in [1.54, 1.807) is 18.5 Å². The van der Waals surface area contributed by atoms with Crippen molar-refractivity contribution >= 4 is 11.6 Å². The van der Waals surface area contributed by atoms with Gasteiger partial charge >= 0.3 is 0 Å². The number of rotatable bonds is 3.